The number of halogens is 1. The Kier molecular flexibility index (Phi) is 7.30. The molecule has 1 saturated heterocycles. The van der Waals surface area contributed by atoms with E-state index in [0.717, 1.165) is 32.1 Å². The van der Waals surface area contributed by atoms with Crippen LogP contribution >= 0.6 is 11.6 Å². The minimum Gasteiger partial charge on any atom is -0.394 e. The predicted molar refractivity (Wildman–Crippen MR) is 119 cm³/mol. The van der Waals surface area contributed by atoms with Gasteiger partial charge in [0.15, 0.2) is 0 Å². The molecule has 0 spiro atoms. The minimum atomic E-state index is -0.840. The van der Waals surface area contributed by atoms with Crippen LogP contribution in [0.3, 0.4) is 0 Å². The summed E-state index contributed by atoms with van der Waals surface area (Å²) in [6.45, 7) is 0.434. The van der Waals surface area contributed by atoms with E-state index in [4.69, 9.17) is 16.3 Å². The Morgan fingerprint density at radius 2 is 2.00 bits per heavy atom. The molecule has 10 heteroatoms. The number of ether oxygens (including phenoxy) is 1. The maximum absolute atomic E-state index is 12.3. The van der Waals surface area contributed by atoms with Crippen LogP contribution < -0.4 is 10.6 Å². The number of anilines is 1. The quantitative estimate of drug-likeness (QED) is 0.501. The fraction of sp³-hybridized carbons (Fsp3) is 0.591. The van der Waals surface area contributed by atoms with Crippen molar-refractivity contribution in [3.05, 3.63) is 41.2 Å². The zero-order chi connectivity index (χ0) is 22.6. The zero-order valence-corrected chi connectivity index (χ0v) is 18.7. The molecule has 1 aliphatic heterocycles. The van der Waals surface area contributed by atoms with E-state index in [0.29, 0.717) is 35.8 Å². The normalized spacial score (nSPS) is 24.9. The maximum atomic E-state index is 12.3. The molecule has 4 rings (SSSR count). The van der Waals surface area contributed by atoms with Crippen molar-refractivity contribution in [3.63, 3.8) is 0 Å². The van der Waals surface area contributed by atoms with Crippen LogP contribution in [0.5, 0.6) is 0 Å². The number of rotatable bonds is 7. The topological polar surface area (TPSA) is 122 Å². The number of hydrogen-bond acceptors (Lipinski definition) is 6. The van der Waals surface area contributed by atoms with Gasteiger partial charge in [0.25, 0.3) is 0 Å². The van der Waals surface area contributed by atoms with Crippen LogP contribution in [0, 0.1) is 0 Å². The Balaban J connectivity index is 1.25. The SMILES string of the molecule is O=C(Nc1ccc(Cl)cc1)N[C@@H]1CC[C@H](CCn2cc(C3(O)CCCC3)nn2)O[C@@H]1CO. The first-order valence-corrected chi connectivity index (χ1v) is 11.6. The molecular formula is C22H30ClN5O4. The van der Waals surface area contributed by atoms with E-state index in [2.05, 4.69) is 20.9 Å². The Labute approximate surface area is 192 Å². The molecule has 174 valence electrons. The summed E-state index contributed by atoms with van der Waals surface area (Å²) >= 11 is 5.86. The third-order valence-electron chi connectivity index (χ3n) is 6.34. The molecule has 9 nitrogen and oxygen atoms in total. The Bertz CT molecular complexity index is 900. The van der Waals surface area contributed by atoms with Gasteiger partial charge in [-0.2, -0.15) is 0 Å². The summed E-state index contributed by atoms with van der Waals surface area (Å²) in [5.41, 5.74) is 0.438. The molecule has 2 amide bonds. The van der Waals surface area contributed by atoms with E-state index in [1.54, 1.807) is 28.9 Å². The second-order valence-corrected chi connectivity index (χ2v) is 9.10. The van der Waals surface area contributed by atoms with Gasteiger partial charge in [0.05, 0.1) is 24.9 Å². The highest BCUT2D eigenvalue weighted by Gasteiger charge is 2.36. The van der Waals surface area contributed by atoms with Gasteiger partial charge < -0.3 is 25.6 Å². The van der Waals surface area contributed by atoms with Crippen LogP contribution in [0.25, 0.3) is 0 Å². The van der Waals surface area contributed by atoms with Gasteiger partial charge in [0.2, 0.25) is 0 Å². The van der Waals surface area contributed by atoms with Crippen LogP contribution in [-0.4, -0.2) is 56.1 Å². The number of aliphatic hydroxyl groups excluding tert-OH is 1. The van der Waals surface area contributed by atoms with E-state index in [-0.39, 0.29) is 24.8 Å². The van der Waals surface area contributed by atoms with Gasteiger partial charge in [0, 0.05) is 17.3 Å². The third-order valence-corrected chi connectivity index (χ3v) is 6.59. The molecule has 1 saturated carbocycles. The summed E-state index contributed by atoms with van der Waals surface area (Å²) in [4.78, 5) is 12.3. The third kappa shape index (κ3) is 5.58. The number of amides is 2. The highest BCUT2D eigenvalue weighted by molar-refractivity contribution is 6.30. The fourth-order valence-electron chi connectivity index (χ4n) is 4.49. The summed E-state index contributed by atoms with van der Waals surface area (Å²) in [6.07, 6.45) is 6.95. The first-order valence-electron chi connectivity index (χ1n) is 11.2. The zero-order valence-electron chi connectivity index (χ0n) is 17.9. The molecule has 0 unspecified atom stereocenters. The summed E-state index contributed by atoms with van der Waals surface area (Å²) < 4.78 is 7.79. The van der Waals surface area contributed by atoms with Crippen molar-refractivity contribution in [2.45, 2.75) is 75.3 Å². The average Bonchev–Trinajstić information content (AvgIpc) is 3.45. The van der Waals surface area contributed by atoms with Gasteiger partial charge in [-0.15, -0.1) is 5.10 Å². The molecule has 3 atom stereocenters. The molecule has 2 fully saturated rings. The molecule has 2 aromatic rings. The molecule has 1 aliphatic carbocycles. The molecule has 1 aromatic heterocycles. The number of nitrogens with one attached hydrogen (secondary N) is 2. The monoisotopic (exact) mass is 463 g/mol. The summed E-state index contributed by atoms with van der Waals surface area (Å²) in [7, 11) is 0. The summed E-state index contributed by atoms with van der Waals surface area (Å²) in [6, 6.07) is 6.22. The van der Waals surface area contributed by atoms with E-state index in [9.17, 15) is 15.0 Å². The number of carbonyl (C=O) groups excluding carboxylic acids is 1. The van der Waals surface area contributed by atoms with Crippen molar-refractivity contribution in [2.24, 2.45) is 0 Å². The van der Waals surface area contributed by atoms with Crippen LogP contribution in [0.4, 0.5) is 10.5 Å². The number of hydrogen-bond donors (Lipinski definition) is 4. The minimum absolute atomic E-state index is 0.0493. The van der Waals surface area contributed by atoms with Crippen LogP contribution in [0.1, 0.15) is 50.6 Å². The second-order valence-electron chi connectivity index (χ2n) is 8.66. The lowest BCUT2D eigenvalue weighted by molar-refractivity contribution is -0.0905. The van der Waals surface area contributed by atoms with Crippen LogP contribution in [0.15, 0.2) is 30.5 Å². The smallest absolute Gasteiger partial charge is 0.319 e. The number of aryl methyl sites for hydroxylation is 1. The van der Waals surface area contributed by atoms with Gasteiger partial charge in [-0.1, -0.05) is 29.7 Å². The van der Waals surface area contributed by atoms with E-state index >= 15 is 0 Å². The highest BCUT2D eigenvalue weighted by atomic mass is 35.5. The van der Waals surface area contributed by atoms with Crippen LogP contribution in [-0.2, 0) is 16.9 Å². The average molecular weight is 464 g/mol. The first-order chi connectivity index (χ1) is 15.4. The van der Waals surface area contributed by atoms with Crippen molar-refractivity contribution in [1.82, 2.24) is 20.3 Å². The predicted octanol–water partition coefficient (Wildman–Crippen LogP) is 2.81. The first kappa shape index (κ1) is 23.0. The lowest BCUT2D eigenvalue weighted by Crippen LogP contribution is -2.52. The molecule has 32 heavy (non-hydrogen) atoms. The van der Waals surface area contributed by atoms with E-state index < -0.39 is 11.7 Å². The van der Waals surface area contributed by atoms with Gasteiger partial charge in [-0.05, 0) is 56.4 Å². The van der Waals surface area contributed by atoms with Crippen molar-refractivity contribution in [3.8, 4) is 0 Å². The summed E-state index contributed by atoms with van der Waals surface area (Å²) in [5, 5.41) is 35.0. The second kappa shape index (κ2) is 10.2. The highest BCUT2D eigenvalue weighted by Crippen LogP contribution is 2.37. The van der Waals surface area contributed by atoms with Crippen molar-refractivity contribution >= 4 is 23.3 Å². The van der Waals surface area contributed by atoms with Crippen molar-refractivity contribution < 1.29 is 19.7 Å². The number of nitrogens with zero attached hydrogens (tertiary/aromatic N) is 3. The molecule has 4 N–H and O–H groups in total. The van der Waals surface area contributed by atoms with Crippen molar-refractivity contribution in [2.75, 3.05) is 11.9 Å². The number of aliphatic hydroxyl groups is 2. The van der Waals surface area contributed by atoms with Gasteiger partial charge in [0.1, 0.15) is 17.4 Å². The van der Waals surface area contributed by atoms with Gasteiger partial charge in [-0.3, -0.25) is 4.68 Å². The van der Waals surface area contributed by atoms with E-state index in [1.807, 2.05) is 6.20 Å². The standard InChI is InChI=1S/C22H30ClN5O4/c23-15-3-5-16(6-4-15)24-21(30)25-18-8-7-17(32-19(18)14-29)9-12-28-13-20(26-27-28)22(31)10-1-2-11-22/h3-6,13,17-19,29,31H,1-2,7-12,14H2,(H2,24,25,30)/t17-,18-,19-/m1/s1. The number of carbonyl (C=O) groups is 1. The molecular weight excluding hydrogens is 434 g/mol. The lowest BCUT2D eigenvalue weighted by atomic mass is 9.97. The molecule has 2 aliphatic rings. The Morgan fingerprint density at radius 1 is 1.25 bits per heavy atom. The van der Waals surface area contributed by atoms with Gasteiger partial charge in [-0.25, -0.2) is 4.79 Å². The molecule has 2 heterocycles. The van der Waals surface area contributed by atoms with Crippen molar-refractivity contribution in [1.29, 1.82) is 0 Å². The van der Waals surface area contributed by atoms with Gasteiger partial charge >= 0.3 is 6.03 Å². The lowest BCUT2D eigenvalue weighted by Gasteiger charge is -2.36. The molecule has 0 bridgehead atoms. The number of benzene rings is 1. The number of aromatic nitrogens is 3. The molecule has 1 aromatic carbocycles. The Hall–Kier alpha value is -2.20. The fourth-order valence-corrected chi connectivity index (χ4v) is 4.62. The van der Waals surface area contributed by atoms with E-state index in [1.165, 1.54) is 0 Å². The Morgan fingerprint density at radius 3 is 2.72 bits per heavy atom. The largest absolute Gasteiger partial charge is 0.394 e. The number of urea groups is 1. The summed E-state index contributed by atoms with van der Waals surface area (Å²) in [5.74, 6) is 0. The maximum Gasteiger partial charge on any atom is 0.319 e. The molecule has 0 radical (unpaired) electrons. The van der Waals surface area contributed by atoms with Crippen LogP contribution in [0.2, 0.25) is 5.02 Å².